The molecule has 66 valence electrons. The molecular weight excluding hydrogens is 176 g/mol. The minimum atomic E-state index is -0.292. The van der Waals surface area contributed by atoms with Crippen LogP contribution in [-0.2, 0) is 0 Å². The summed E-state index contributed by atoms with van der Waals surface area (Å²) in [6.07, 6.45) is 0. The fourth-order valence-corrected chi connectivity index (χ4v) is 0.518. The van der Waals surface area contributed by atoms with Crippen LogP contribution < -0.4 is 10.6 Å². The molecule has 0 unspecified atom stereocenters. The molecule has 0 aliphatic heterocycles. The predicted molar refractivity (Wildman–Crippen MR) is 49.8 cm³/mol. The number of carbonyl (C=O) groups excluding carboxylic acids is 1. The molecule has 0 aliphatic carbocycles. The number of halogens is 1. The van der Waals surface area contributed by atoms with E-state index in [0.29, 0.717) is 11.6 Å². The molecule has 0 radical (unpaired) electrons. The summed E-state index contributed by atoms with van der Waals surface area (Å²) in [6.45, 7) is 5.74. The quantitative estimate of drug-likeness (QED) is 0.636. The van der Waals surface area contributed by atoms with Crippen molar-refractivity contribution >= 4 is 17.6 Å². The zero-order chi connectivity index (χ0) is 9.40. The highest BCUT2D eigenvalue weighted by Crippen LogP contribution is 1.91. The topological polar surface area (TPSA) is 41.1 Å². The maximum atomic E-state index is 10.8. The molecule has 2 amide bonds. The molecule has 3 nitrogen and oxygen atoms in total. The van der Waals surface area contributed by atoms with Crippen molar-refractivity contribution in [2.45, 2.75) is 6.92 Å². The molecule has 4 heteroatoms. The standard InChI is InChI=1S/C8H11ClN2O/c1-3-4-5-10-8(12)11-6-7(2)9/h2,5-6H2,1H3,(H2,10,11,12). The van der Waals surface area contributed by atoms with Crippen LogP contribution in [0.15, 0.2) is 11.6 Å². The number of carbonyl (C=O) groups is 1. The first-order valence-electron chi connectivity index (χ1n) is 3.41. The second kappa shape index (κ2) is 6.56. The summed E-state index contributed by atoms with van der Waals surface area (Å²) in [7, 11) is 0. The summed E-state index contributed by atoms with van der Waals surface area (Å²) in [6, 6.07) is -0.292. The van der Waals surface area contributed by atoms with Crippen LogP contribution in [0.3, 0.4) is 0 Å². The van der Waals surface area contributed by atoms with Crippen molar-refractivity contribution in [1.82, 2.24) is 10.6 Å². The van der Waals surface area contributed by atoms with Gasteiger partial charge in [0.05, 0.1) is 13.1 Å². The summed E-state index contributed by atoms with van der Waals surface area (Å²) >= 11 is 5.42. The number of hydrogen-bond donors (Lipinski definition) is 2. The molecule has 0 saturated heterocycles. The maximum Gasteiger partial charge on any atom is 0.315 e. The van der Waals surface area contributed by atoms with Crippen LogP contribution in [0.5, 0.6) is 0 Å². The van der Waals surface area contributed by atoms with Crippen LogP contribution >= 0.6 is 11.6 Å². The lowest BCUT2D eigenvalue weighted by atomic mass is 10.6. The first-order valence-corrected chi connectivity index (χ1v) is 3.79. The molecular formula is C8H11ClN2O. The Hall–Kier alpha value is -1.14. The Morgan fingerprint density at radius 2 is 2.25 bits per heavy atom. The molecule has 0 aromatic rings. The lowest BCUT2D eigenvalue weighted by Gasteiger charge is -2.02. The van der Waals surface area contributed by atoms with Crippen molar-refractivity contribution in [1.29, 1.82) is 0 Å². The van der Waals surface area contributed by atoms with E-state index in [0.717, 1.165) is 0 Å². The number of rotatable bonds is 3. The van der Waals surface area contributed by atoms with Gasteiger partial charge in [-0.2, -0.15) is 0 Å². The van der Waals surface area contributed by atoms with Gasteiger partial charge in [0.2, 0.25) is 0 Å². The number of hydrogen-bond acceptors (Lipinski definition) is 1. The number of amides is 2. The highest BCUT2D eigenvalue weighted by Gasteiger charge is 1.96. The van der Waals surface area contributed by atoms with Crippen molar-refractivity contribution in [2.75, 3.05) is 13.1 Å². The third-order valence-electron chi connectivity index (χ3n) is 0.955. The Kier molecular flexibility index (Phi) is 5.94. The molecule has 0 bridgehead atoms. The second-order valence-electron chi connectivity index (χ2n) is 1.98. The average molecular weight is 187 g/mol. The Morgan fingerprint density at radius 1 is 1.58 bits per heavy atom. The van der Waals surface area contributed by atoms with E-state index in [1.54, 1.807) is 6.92 Å². The SMILES string of the molecule is C=C(Cl)CNC(=O)NCC#CC. The van der Waals surface area contributed by atoms with Crippen molar-refractivity contribution in [2.24, 2.45) is 0 Å². The highest BCUT2D eigenvalue weighted by atomic mass is 35.5. The van der Waals surface area contributed by atoms with Crippen LogP contribution in [0.25, 0.3) is 0 Å². The molecule has 0 aliphatic rings. The Bertz CT molecular complexity index is 227. The van der Waals surface area contributed by atoms with Crippen LogP contribution in [-0.4, -0.2) is 19.1 Å². The Balaban J connectivity index is 3.44. The van der Waals surface area contributed by atoms with Gasteiger partial charge < -0.3 is 10.6 Å². The van der Waals surface area contributed by atoms with Gasteiger partial charge in [0.15, 0.2) is 0 Å². The lowest BCUT2D eigenvalue weighted by Crippen LogP contribution is -2.36. The predicted octanol–water partition coefficient (Wildman–Crippen LogP) is 1.06. The second-order valence-corrected chi connectivity index (χ2v) is 2.51. The van der Waals surface area contributed by atoms with Gasteiger partial charge >= 0.3 is 6.03 Å². The van der Waals surface area contributed by atoms with Crippen molar-refractivity contribution in [3.8, 4) is 11.8 Å². The largest absolute Gasteiger partial charge is 0.333 e. The number of urea groups is 1. The van der Waals surface area contributed by atoms with Gasteiger partial charge in [-0.1, -0.05) is 24.1 Å². The molecule has 0 spiro atoms. The van der Waals surface area contributed by atoms with Gasteiger partial charge in [0.25, 0.3) is 0 Å². The van der Waals surface area contributed by atoms with E-state index in [-0.39, 0.29) is 12.6 Å². The Morgan fingerprint density at radius 3 is 2.75 bits per heavy atom. The molecule has 12 heavy (non-hydrogen) atoms. The van der Waals surface area contributed by atoms with Crippen LogP contribution in [0.1, 0.15) is 6.92 Å². The third kappa shape index (κ3) is 6.97. The first kappa shape index (κ1) is 10.9. The smallest absolute Gasteiger partial charge is 0.315 e. The van der Waals surface area contributed by atoms with Gasteiger partial charge in [-0.3, -0.25) is 0 Å². The van der Waals surface area contributed by atoms with Gasteiger partial charge in [0, 0.05) is 5.03 Å². The van der Waals surface area contributed by atoms with Gasteiger partial charge in [0.1, 0.15) is 0 Å². The van der Waals surface area contributed by atoms with Crippen molar-refractivity contribution in [3.05, 3.63) is 11.6 Å². The maximum absolute atomic E-state index is 10.8. The Labute approximate surface area is 77.2 Å². The molecule has 0 aromatic heterocycles. The van der Waals surface area contributed by atoms with Gasteiger partial charge in [-0.05, 0) is 6.92 Å². The van der Waals surface area contributed by atoms with E-state index in [2.05, 4.69) is 29.1 Å². The normalized spacial score (nSPS) is 7.83. The fraction of sp³-hybridized carbons (Fsp3) is 0.375. The molecule has 2 N–H and O–H groups in total. The molecule has 0 rings (SSSR count). The highest BCUT2D eigenvalue weighted by molar-refractivity contribution is 6.29. The first-order chi connectivity index (χ1) is 5.66. The minimum absolute atomic E-state index is 0.271. The van der Waals surface area contributed by atoms with E-state index < -0.39 is 0 Å². The van der Waals surface area contributed by atoms with Gasteiger partial charge in [-0.15, -0.1) is 5.92 Å². The summed E-state index contributed by atoms with van der Waals surface area (Å²) in [4.78, 5) is 10.8. The molecule has 0 fully saturated rings. The van der Waals surface area contributed by atoms with E-state index in [1.165, 1.54) is 0 Å². The lowest BCUT2D eigenvalue weighted by molar-refractivity contribution is 0.243. The summed E-state index contributed by atoms with van der Waals surface area (Å²) in [5.74, 6) is 5.34. The van der Waals surface area contributed by atoms with E-state index in [9.17, 15) is 4.79 Å². The molecule has 0 aromatic carbocycles. The van der Waals surface area contributed by atoms with Crippen molar-refractivity contribution < 1.29 is 4.79 Å². The third-order valence-corrected chi connectivity index (χ3v) is 1.09. The van der Waals surface area contributed by atoms with Gasteiger partial charge in [-0.25, -0.2) is 4.79 Å². The van der Waals surface area contributed by atoms with Crippen LogP contribution in [0.4, 0.5) is 4.79 Å². The zero-order valence-corrected chi connectivity index (χ0v) is 7.66. The molecule has 0 saturated carbocycles. The minimum Gasteiger partial charge on any atom is -0.333 e. The van der Waals surface area contributed by atoms with Crippen LogP contribution in [0.2, 0.25) is 0 Å². The summed E-state index contributed by atoms with van der Waals surface area (Å²) < 4.78 is 0. The zero-order valence-electron chi connectivity index (χ0n) is 6.91. The molecule has 0 atom stereocenters. The summed E-state index contributed by atoms with van der Waals surface area (Å²) in [5, 5.41) is 5.40. The number of nitrogens with one attached hydrogen (secondary N) is 2. The van der Waals surface area contributed by atoms with E-state index in [4.69, 9.17) is 11.6 Å². The molecule has 0 heterocycles. The van der Waals surface area contributed by atoms with E-state index in [1.807, 2.05) is 0 Å². The van der Waals surface area contributed by atoms with Crippen molar-refractivity contribution in [3.63, 3.8) is 0 Å². The monoisotopic (exact) mass is 186 g/mol. The summed E-state index contributed by atoms with van der Waals surface area (Å²) in [5.41, 5.74) is 0. The van der Waals surface area contributed by atoms with Crippen LogP contribution in [0, 0.1) is 11.8 Å². The average Bonchev–Trinajstić information content (AvgIpc) is 2.01. The fourth-order valence-electron chi connectivity index (χ4n) is 0.452. The van der Waals surface area contributed by atoms with E-state index >= 15 is 0 Å².